The van der Waals surface area contributed by atoms with Gasteiger partial charge in [-0.2, -0.15) is 0 Å². The summed E-state index contributed by atoms with van der Waals surface area (Å²) in [5.41, 5.74) is 4.73. The monoisotopic (exact) mass is 440 g/mol. The lowest BCUT2D eigenvalue weighted by molar-refractivity contribution is -0.117. The van der Waals surface area contributed by atoms with Crippen LogP contribution in [0.5, 0.6) is 0 Å². The van der Waals surface area contributed by atoms with Crippen LogP contribution in [0, 0.1) is 13.8 Å². The first kappa shape index (κ1) is 21.9. The average Bonchev–Trinajstić information content (AvgIpc) is 3.20. The number of benzene rings is 1. The van der Waals surface area contributed by atoms with E-state index in [0.717, 1.165) is 28.0 Å². The molecule has 1 aromatic carbocycles. The van der Waals surface area contributed by atoms with Crippen LogP contribution in [0.1, 0.15) is 40.4 Å². The maximum absolute atomic E-state index is 12.6. The van der Waals surface area contributed by atoms with Crippen LogP contribution >= 0.6 is 0 Å². The SMILES string of the molecule is C=CC(=O)N[C@@H](C)c1nc(-c2ccc(C(=O)Nc3cc(C)ccn3)cc2)c2c(C)nccn12. The molecule has 3 aromatic heterocycles. The number of hydrogen-bond acceptors (Lipinski definition) is 5. The van der Waals surface area contributed by atoms with Crippen LogP contribution in [0.4, 0.5) is 5.82 Å². The fraction of sp³-hybridized carbons (Fsp3) is 0.160. The van der Waals surface area contributed by atoms with Gasteiger partial charge in [-0.3, -0.25) is 19.0 Å². The molecule has 0 unspecified atom stereocenters. The summed E-state index contributed by atoms with van der Waals surface area (Å²) in [6.45, 7) is 9.22. The maximum atomic E-state index is 12.6. The molecule has 1 atom stereocenters. The van der Waals surface area contributed by atoms with E-state index < -0.39 is 0 Å². The topological polar surface area (TPSA) is 101 Å². The Morgan fingerprint density at radius 3 is 2.55 bits per heavy atom. The summed E-state index contributed by atoms with van der Waals surface area (Å²) in [5.74, 6) is 0.665. The fourth-order valence-electron chi connectivity index (χ4n) is 3.64. The van der Waals surface area contributed by atoms with Gasteiger partial charge in [0, 0.05) is 29.7 Å². The first-order valence-corrected chi connectivity index (χ1v) is 10.5. The fourth-order valence-corrected chi connectivity index (χ4v) is 3.64. The van der Waals surface area contributed by atoms with Crippen molar-refractivity contribution < 1.29 is 9.59 Å². The van der Waals surface area contributed by atoms with Crippen molar-refractivity contribution in [1.82, 2.24) is 24.7 Å². The minimum absolute atomic E-state index is 0.242. The van der Waals surface area contributed by atoms with Gasteiger partial charge >= 0.3 is 0 Å². The number of amides is 2. The predicted octanol–water partition coefficient (Wildman–Crippen LogP) is 4.02. The van der Waals surface area contributed by atoms with Crippen molar-refractivity contribution >= 4 is 23.1 Å². The quantitative estimate of drug-likeness (QED) is 0.441. The molecule has 4 rings (SSSR count). The van der Waals surface area contributed by atoms with E-state index in [2.05, 4.69) is 27.2 Å². The van der Waals surface area contributed by atoms with Crippen molar-refractivity contribution in [2.24, 2.45) is 0 Å². The molecular weight excluding hydrogens is 416 g/mol. The van der Waals surface area contributed by atoms with E-state index in [1.807, 2.05) is 55.6 Å². The van der Waals surface area contributed by atoms with Gasteiger partial charge in [0.05, 0.1) is 22.9 Å². The van der Waals surface area contributed by atoms with Gasteiger partial charge in [0.1, 0.15) is 11.6 Å². The lowest BCUT2D eigenvalue weighted by atomic mass is 10.1. The van der Waals surface area contributed by atoms with E-state index in [9.17, 15) is 9.59 Å². The molecule has 0 saturated carbocycles. The normalized spacial score (nSPS) is 11.7. The van der Waals surface area contributed by atoms with E-state index >= 15 is 0 Å². The van der Waals surface area contributed by atoms with Crippen LogP contribution in [0.2, 0.25) is 0 Å². The Hall–Kier alpha value is -4.33. The van der Waals surface area contributed by atoms with Crippen LogP contribution in [-0.2, 0) is 4.79 Å². The summed E-state index contributed by atoms with van der Waals surface area (Å²) >= 11 is 0. The Morgan fingerprint density at radius 2 is 1.85 bits per heavy atom. The highest BCUT2D eigenvalue weighted by Gasteiger charge is 2.20. The molecule has 2 N–H and O–H groups in total. The molecule has 0 fully saturated rings. The number of aryl methyl sites for hydroxylation is 2. The molecule has 0 spiro atoms. The highest BCUT2D eigenvalue weighted by molar-refractivity contribution is 6.04. The van der Waals surface area contributed by atoms with Crippen LogP contribution in [0.3, 0.4) is 0 Å². The molecule has 0 aliphatic carbocycles. The second-order valence-corrected chi connectivity index (χ2v) is 7.73. The van der Waals surface area contributed by atoms with Crippen molar-refractivity contribution in [3.63, 3.8) is 0 Å². The van der Waals surface area contributed by atoms with E-state index in [-0.39, 0.29) is 17.9 Å². The van der Waals surface area contributed by atoms with Gasteiger partial charge in [0.2, 0.25) is 5.91 Å². The number of fused-ring (bicyclic) bond motifs is 1. The van der Waals surface area contributed by atoms with Crippen LogP contribution in [-0.4, -0.2) is 31.2 Å². The summed E-state index contributed by atoms with van der Waals surface area (Å²) < 4.78 is 1.93. The van der Waals surface area contributed by atoms with Gasteiger partial charge < -0.3 is 10.6 Å². The van der Waals surface area contributed by atoms with Crippen molar-refractivity contribution in [2.75, 3.05) is 5.32 Å². The lowest BCUT2D eigenvalue weighted by Crippen LogP contribution is -2.26. The highest BCUT2D eigenvalue weighted by atomic mass is 16.2. The van der Waals surface area contributed by atoms with Gasteiger partial charge in [-0.1, -0.05) is 18.7 Å². The van der Waals surface area contributed by atoms with E-state index in [1.165, 1.54) is 6.08 Å². The number of pyridine rings is 1. The largest absolute Gasteiger partial charge is 0.343 e. The zero-order valence-corrected chi connectivity index (χ0v) is 18.7. The number of aromatic nitrogens is 4. The number of nitrogens with one attached hydrogen (secondary N) is 2. The van der Waals surface area contributed by atoms with Gasteiger partial charge in [-0.15, -0.1) is 0 Å². The molecule has 0 aliphatic rings. The molecule has 0 bridgehead atoms. The second kappa shape index (κ2) is 9.04. The average molecular weight is 441 g/mol. The zero-order chi connectivity index (χ0) is 23.5. The summed E-state index contributed by atoms with van der Waals surface area (Å²) in [7, 11) is 0. The molecule has 33 heavy (non-hydrogen) atoms. The third-order valence-corrected chi connectivity index (χ3v) is 5.27. The van der Waals surface area contributed by atoms with E-state index in [4.69, 9.17) is 4.98 Å². The van der Waals surface area contributed by atoms with Crippen LogP contribution in [0.15, 0.2) is 67.6 Å². The van der Waals surface area contributed by atoms with Gasteiger partial charge in [0.25, 0.3) is 5.91 Å². The summed E-state index contributed by atoms with van der Waals surface area (Å²) in [6.07, 6.45) is 6.41. The zero-order valence-electron chi connectivity index (χ0n) is 18.7. The van der Waals surface area contributed by atoms with Crippen LogP contribution in [0.25, 0.3) is 16.8 Å². The smallest absolute Gasteiger partial charge is 0.256 e. The maximum Gasteiger partial charge on any atom is 0.256 e. The molecule has 166 valence electrons. The Labute approximate surface area is 191 Å². The highest BCUT2D eigenvalue weighted by Crippen LogP contribution is 2.29. The van der Waals surface area contributed by atoms with Gasteiger partial charge in [0.15, 0.2) is 0 Å². The second-order valence-electron chi connectivity index (χ2n) is 7.73. The minimum atomic E-state index is -0.342. The summed E-state index contributed by atoms with van der Waals surface area (Å²) in [6, 6.07) is 10.5. The van der Waals surface area contributed by atoms with Crippen molar-refractivity contribution in [1.29, 1.82) is 0 Å². The van der Waals surface area contributed by atoms with E-state index in [0.29, 0.717) is 17.2 Å². The molecule has 3 heterocycles. The number of anilines is 1. The molecule has 8 heteroatoms. The Kier molecular flexibility index (Phi) is 5.99. The Morgan fingerprint density at radius 1 is 1.09 bits per heavy atom. The number of carbonyl (C=O) groups is 2. The first-order chi connectivity index (χ1) is 15.9. The Balaban J connectivity index is 1.67. The minimum Gasteiger partial charge on any atom is -0.343 e. The summed E-state index contributed by atoms with van der Waals surface area (Å²) in [5, 5.41) is 5.67. The molecule has 0 radical (unpaired) electrons. The number of hydrogen-bond donors (Lipinski definition) is 2. The van der Waals surface area contributed by atoms with Gasteiger partial charge in [-0.05, 0) is 56.7 Å². The van der Waals surface area contributed by atoms with E-state index in [1.54, 1.807) is 24.5 Å². The molecule has 8 nitrogen and oxygen atoms in total. The summed E-state index contributed by atoms with van der Waals surface area (Å²) in [4.78, 5) is 37.8. The first-order valence-electron chi connectivity index (χ1n) is 10.5. The third kappa shape index (κ3) is 4.50. The number of imidazole rings is 1. The number of nitrogens with zero attached hydrogens (tertiary/aromatic N) is 4. The molecule has 0 saturated heterocycles. The molecule has 2 amide bonds. The third-order valence-electron chi connectivity index (χ3n) is 5.27. The standard InChI is InChI=1S/C25H24N6O2/c1-5-21(32)28-17(4)24-30-22(23-16(3)26-12-13-31(23)24)18-6-8-19(9-7-18)25(33)29-20-14-15(2)10-11-27-20/h5-14,17H,1H2,2-4H3,(H,28,32)(H,27,29,33)/t17-/m0/s1. The van der Waals surface area contributed by atoms with Crippen molar-refractivity contribution in [3.8, 4) is 11.3 Å². The number of rotatable bonds is 6. The predicted molar refractivity (Wildman–Crippen MR) is 127 cm³/mol. The van der Waals surface area contributed by atoms with Crippen molar-refractivity contribution in [2.45, 2.75) is 26.8 Å². The van der Waals surface area contributed by atoms with Crippen molar-refractivity contribution in [3.05, 3.63) is 90.3 Å². The molecular formula is C25H24N6O2. The number of carbonyl (C=O) groups excluding carboxylic acids is 2. The van der Waals surface area contributed by atoms with Gasteiger partial charge in [-0.25, -0.2) is 9.97 Å². The lowest BCUT2D eigenvalue weighted by Gasteiger charge is -2.11. The molecule has 4 aromatic rings. The van der Waals surface area contributed by atoms with Crippen LogP contribution < -0.4 is 10.6 Å². The molecule has 0 aliphatic heterocycles. The Bertz CT molecular complexity index is 1360.